The van der Waals surface area contributed by atoms with Crippen LogP contribution in [0.5, 0.6) is 0 Å². The largest absolute Gasteiger partial charge is 0.416 e. The molecule has 2 aromatic rings. The van der Waals surface area contributed by atoms with Crippen molar-refractivity contribution in [3.8, 4) is 0 Å². The molecule has 1 aliphatic rings. The third-order valence-corrected chi connectivity index (χ3v) is 4.16. The lowest BCUT2D eigenvalue weighted by Crippen LogP contribution is -2.46. The Labute approximate surface area is 131 Å². The highest BCUT2D eigenvalue weighted by Crippen LogP contribution is 2.34. The highest BCUT2D eigenvalue weighted by atomic mass is 19.4. The third-order valence-electron chi connectivity index (χ3n) is 4.16. The number of piperidine rings is 1. The summed E-state index contributed by atoms with van der Waals surface area (Å²) in [5, 5.41) is 20.8. The molecule has 0 amide bonds. The summed E-state index contributed by atoms with van der Waals surface area (Å²) in [6.45, 7) is 0.994. The minimum absolute atomic E-state index is 0.135. The minimum atomic E-state index is -4.38. The number of rotatable bonds is 3. The fourth-order valence-corrected chi connectivity index (χ4v) is 3.07. The second kappa shape index (κ2) is 5.93. The number of likely N-dealkylation sites (tertiary alicyclic amines) is 1. The average Bonchev–Trinajstić information content (AvgIpc) is 3.02. The van der Waals surface area contributed by atoms with Crippen LogP contribution in [0.1, 0.15) is 29.7 Å². The fourth-order valence-electron chi connectivity index (χ4n) is 3.07. The van der Waals surface area contributed by atoms with E-state index in [-0.39, 0.29) is 18.7 Å². The molecule has 0 spiro atoms. The van der Waals surface area contributed by atoms with Crippen molar-refractivity contribution in [2.45, 2.75) is 31.2 Å². The molecule has 1 aromatic heterocycles. The van der Waals surface area contributed by atoms with Gasteiger partial charge in [0, 0.05) is 13.1 Å². The molecule has 1 fully saturated rings. The standard InChI is InChI=1S/C15H17F3N4O/c16-15(17,18)12-5-2-1-4-11(12)9-22-7-3-6-14(23,10-22)13-8-19-21-20-13/h1-2,4-5,8,23H,3,6-7,9-10H2,(H,19,20,21)/t14-/m1/s1. The van der Waals surface area contributed by atoms with Gasteiger partial charge in [-0.25, -0.2) is 0 Å². The summed E-state index contributed by atoms with van der Waals surface area (Å²) >= 11 is 0. The second-order valence-corrected chi connectivity index (χ2v) is 5.86. The van der Waals surface area contributed by atoms with Gasteiger partial charge in [-0.2, -0.15) is 28.6 Å². The van der Waals surface area contributed by atoms with Crippen molar-refractivity contribution in [1.29, 1.82) is 0 Å². The topological polar surface area (TPSA) is 65.0 Å². The molecule has 0 unspecified atom stereocenters. The summed E-state index contributed by atoms with van der Waals surface area (Å²) in [7, 11) is 0. The van der Waals surface area contributed by atoms with E-state index in [0.29, 0.717) is 25.1 Å². The van der Waals surface area contributed by atoms with Gasteiger partial charge in [-0.3, -0.25) is 4.90 Å². The zero-order chi connectivity index (χ0) is 16.5. The quantitative estimate of drug-likeness (QED) is 0.908. The van der Waals surface area contributed by atoms with E-state index in [1.54, 1.807) is 6.07 Å². The first kappa shape index (κ1) is 15.9. The lowest BCUT2D eigenvalue weighted by atomic mass is 9.89. The first-order valence-electron chi connectivity index (χ1n) is 7.34. The third kappa shape index (κ3) is 3.37. The summed E-state index contributed by atoms with van der Waals surface area (Å²) in [6.07, 6.45) is -1.74. The molecule has 0 saturated carbocycles. The Morgan fingerprint density at radius 3 is 2.78 bits per heavy atom. The van der Waals surface area contributed by atoms with Crippen LogP contribution in [0.3, 0.4) is 0 Å². The summed E-state index contributed by atoms with van der Waals surface area (Å²) < 4.78 is 39.3. The minimum Gasteiger partial charge on any atom is -0.382 e. The SMILES string of the molecule is O[C@]1(c2cn[nH]n2)CCCN(Cc2ccccc2C(F)(F)F)C1. The molecule has 1 saturated heterocycles. The van der Waals surface area contributed by atoms with Gasteiger partial charge in [0.15, 0.2) is 0 Å². The number of H-pyrrole nitrogens is 1. The monoisotopic (exact) mass is 326 g/mol. The van der Waals surface area contributed by atoms with Gasteiger partial charge >= 0.3 is 6.18 Å². The van der Waals surface area contributed by atoms with Gasteiger partial charge in [0.25, 0.3) is 0 Å². The Kier molecular flexibility index (Phi) is 4.11. The van der Waals surface area contributed by atoms with Crippen LogP contribution in [-0.4, -0.2) is 38.5 Å². The van der Waals surface area contributed by atoms with Crippen molar-refractivity contribution >= 4 is 0 Å². The van der Waals surface area contributed by atoms with E-state index >= 15 is 0 Å². The molecule has 5 nitrogen and oxygen atoms in total. The van der Waals surface area contributed by atoms with Crippen molar-refractivity contribution in [1.82, 2.24) is 20.3 Å². The molecule has 124 valence electrons. The highest BCUT2D eigenvalue weighted by Gasteiger charge is 2.38. The second-order valence-electron chi connectivity index (χ2n) is 5.86. The predicted molar refractivity (Wildman–Crippen MR) is 76.2 cm³/mol. The molecule has 0 aliphatic carbocycles. The Morgan fingerprint density at radius 2 is 2.09 bits per heavy atom. The smallest absolute Gasteiger partial charge is 0.382 e. The van der Waals surface area contributed by atoms with Gasteiger partial charge in [0.05, 0.1) is 11.8 Å². The van der Waals surface area contributed by atoms with E-state index in [4.69, 9.17) is 0 Å². The van der Waals surface area contributed by atoms with Gasteiger partial charge < -0.3 is 5.11 Å². The van der Waals surface area contributed by atoms with Crippen LogP contribution >= 0.6 is 0 Å². The van der Waals surface area contributed by atoms with E-state index in [0.717, 1.165) is 6.07 Å². The van der Waals surface area contributed by atoms with Gasteiger partial charge in [0.1, 0.15) is 11.3 Å². The van der Waals surface area contributed by atoms with E-state index in [1.165, 1.54) is 18.3 Å². The van der Waals surface area contributed by atoms with Crippen molar-refractivity contribution in [2.75, 3.05) is 13.1 Å². The van der Waals surface area contributed by atoms with Crippen LogP contribution in [0.25, 0.3) is 0 Å². The molecule has 2 heterocycles. The van der Waals surface area contributed by atoms with Crippen LogP contribution in [0.15, 0.2) is 30.5 Å². The van der Waals surface area contributed by atoms with Crippen molar-refractivity contribution in [2.24, 2.45) is 0 Å². The molecule has 0 bridgehead atoms. The van der Waals surface area contributed by atoms with Crippen molar-refractivity contribution in [3.05, 3.63) is 47.3 Å². The normalized spacial score (nSPS) is 23.1. The average molecular weight is 326 g/mol. The van der Waals surface area contributed by atoms with Crippen LogP contribution < -0.4 is 0 Å². The maximum Gasteiger partial charge on any atom is 0.416 e. The summed E-state index contributed by atoms with van der Waals surface area (Å²) in [5.74, 6) is 0. The van der Waals surface area contributed by atoms with Crippen molar-refractivity contribution < 1.29 is 18.3 Å². The first-order valence-corrected chi connectivity index (χ1v) is 7.34. The highest BCUT2D eigenvalue weighted by molar-refractivity contribution is 5.29. The van der Waals surface area contributed by atoms with Gasteiger partial charge in [0.2, 0.25) is 0 Å². The molecular weight excluding hydrogens is 309 g/mol. The fraction of sp³-hybridized carbons (Fsp3) is 0.467. The molecular formula is C15H17F3N4O. The van der Waals surface area contributed by atoms with E-state index < -0.39 is 17.3 Å². The predicted octanol–water partition coefficient (Wildman–Crippen LogP) is 2.31. The van der Waals surface area contributed by atoms with E-state index in [1.807, 2.05) is 4.90 Å². The molecule has 3 rings (SSSR count). The van der Waals surface area contributed by atoms with Crippen LogP contribution in [0.4, 0.5) is 13.2 Å². The number of aromatic amines is 1. The van der Waals surface area contributed by atoms with Gasteiger partial charge in [-0.1, -0.05) is 18.2 Å². The zero-order valence-electron chi connectivity index (χ0n) is 12.3. The van der Waals surface area contributed by atoms with E-state index in [9.17, 15) is 18.3 Å². The lowest BCUT2D eigenvalue weighted by molar-refractivity contribution is -0.138. The number of nitrogens with one attached hydrogen (secondary N) is 1. The lowest BCUT2D eigenvalue weighted by Gasteiger charge is -2.38. The Morgan fingerprint density at radius 1 is 1.30 bits per heavy atom. The van der Waals surface area contributed by atoms with Crippen LogP contribution in [-0.2, 0) is 18.3 Å². The molecule has 1 aliphatic heterocycles. The van der Waals surface area contributed by atoms with Crippen molar-refractivity contribution in [3.63, 3.8) is 0 Å². The summed E-state index contributed by atoms with van der Waals surface area (Å²) in [4.78, 5) is 1.82. The number of aromatic nitrogens is 3. The van der Waals surface area contributed by atoms with Gasteiger partial charge in [-0.05, 0) is 31.0 Å². The molecule has 0 radical (unpaired) electrons. The Balaban J connectivity index is 1.79. The molecule has 8 heteroatoms. The van der Waals surface area contributed by atoms with Crippen LogP contribution in [0, 0.1) is 0 Å². The number of nitrogens with zero attached hydrogens (tertiary/aromatic N) is 3. The maximum atomic E-state index is 13.1. The van der Waals surface area contributed by atoms with Crippen LogP contribution in [0.2, 0.25) is 0 Å². The Hall–Kier alpha value is -1.93. The molecule has 1 atom stereocenters. The number of benzene rings is 1. The zero-order valence-corrected chi connectivity index (χ0v) is 12.3. The number of halogens is 3. The first-order chi connectivity index (χ1) is 10.9. The summed E-state index contributed by atoms with van der Waals surface area (Å²) in [5.41, 5.74) is -1.18. The number of hydrogen-bond acceptors (Lipinski definition) is 4. The number of aliphatic hydroxyl groups is 1. The number of alkyl halides is 3. The molecule has 23 heavy (non-hydrogen) atoms. The van der Waals surface area contributed by atoms with Gasteiger partial charge in [-0.15, -0.1) is 0 Å². The number of β-amino-alcohol motifs (C(OH)–C–C–N with tert-alkyl or cyclic N) is 1. The maximum absolute atomic E-state index is 13.1. The van der Waals surface area contributed by atoms with E-state index in [2.05, 4.69) is 15.4 Å². The summed E-state index contributed by atoms with van der Waals surface area (Å²) in [6, 6.07) is 5.54. The molecule has 2 N–H and O–H groups in total. The number of hydrogen-bond donors (Lipinski definition) is 2. The molecule has 1 aromatic carbocycles. The Bertz CT molecular complexity index is 659.